The molecule has 2 rings (SSSR count). The summed E-state index contributed by atoms with van der Waals surface area (Å²) in [4.78, 5) is 21.3. The quantitative estimate of drug-likeness (QED) is 0.930. The number of aromatic nitrogens is 2. The maximum absolute atomic E-state index is 11.4. The molecule has 0 aliphatic rings. The lowest BCUT2D eigenvalue weighted by atomic mass is 10.1. The average molecular weight is 285 g/mol. The molecule has 2 aromatic rings. The Morgan fingerprint density at radius 1 is 1.48 bits per heavy atom. The summed E-state index contributed by atoms with van der Waals surface area (Å²) in [7, 11) is 0. The molecule has 6 heteroatoms. The van der Waals surface area contributed by atoms with Crippen molar-refractivity contribution in [2.45, 2.75) is 26.9 Å². The highest BCUT2D eigenvalue weighted by atomic mass is 16.7. The number of benzene rings is 1. The first kappa shape index (κ1) is 14.6. The van der Waals surface area contributed by atoms with Gasteiger partial charge >= 0.3 is 5.97 Å². The first-order valence-corrected chi connectivity index (χ1v) is 6.44. The highest BCUT2D eigenvalue weighted by molar-refractivity contribution is 5.88. The van der Waals surface area contributed by atoms with E-state index in [0.717, 1.165) is 0 Å². The fourth-order valence-electron chi connectivity index (χ4n) is 1.97. The van der Waals surface area contributed by atoms with Crippen LogP contribution in [0.1, 0.15) is 35.6 Å². The molecule has 0 aliphatic carbocycles. The van der Waals surface area contributed by atoms with E-state index in [1.165, 1.54) is 4.73 Å². The Hall–Kier alpha value is -2.81. The van der Waals surface area contributed by atoms with Gasteiger partial charge in [-0.25, -0.2) is 9.78 Å². The van der Waals surface area contributed by atoms with Crippen LogP contribution in [0.15, 0.2) is 24.3 Å². The van der Waals surface area contributed by atoms with Crippen molar-refractivity contribution in [1.29, 1.82) is 5.26 Å². The number of imidazole rings is 1. The van der Waals surface area contributed by atoms with E-state index in [4.69, 9.17) is 10.1 Å². The van der Waals surface area contributed by atoms with E-state index in [1.807, 2.05) is 6.07 Å². The number of hydrogen-bond donors (Lipinski definition) is 1. The number of hydrogen-bond acceptors (Lipinski definition) is 4. The summed E-state index contributed by atoms with van der Waals surface area (Å²) >= 11 is 0. The van der Waals surface area contributed by atoms with Crippen LogP contribution in [0, 0.1) is 18.3 Å². The van der Waals surface area contributed by atoms with E-state index in [-0.39, 0.29) is 11.8 Å². The molecule has 21 heavy (non-hydrogen) atoms. The van der Waals surface area contributed by atoms with Gasteiger partial charge in [-0.05, 0) is 32.9 Å². The molecule has 0 saturated heterocycles. The third-order valence-electron chi connectivity index (χ3n) is 2.78. The number of carboxylic acids is 1. The Kier molecular flexibility index (Phi) is 3.94. The van der Waals surface area contributed by atoms with Crippen molar-refractivity contribution in [3.8, 4) is 17.5 Å². The molecule has 1 heterocycles. The number of rotatable bonds is 4. The van der Waals surface area contributed by atoms with Crippen LogP contribution in [0.5, 0.6) is 0 Å². The molecule has 108 valence electrons. The molecule has 0 radical (unpaired) electrons. The summed E-state index contributed by atoms with van der Waals surface area (Å²) in [5, 5.41) is 18.3. The van der Waals surface area contributed by atoms with Crippen molar-refractivity contribution < 1.29 is 14.7 Å². The molecule has 1 N–H and O–H groups in total. The van der Waals surface area contributed by atoms with Gasteiger partial charge in [0, 0.05) is 5.56 Å². The van der Waals surface area contributed by atoms with Crippen LogP contribution >= 0.6 is 0 Å². The van der Waals surface area contributed by atoms with Gasteiger partial charge in [0.25, 0.3) is 0 Å². The van der Waals surface area contributed by atoms with E-state index >= 15 is 0 Å². The molecule has 0 spiro atoms. The Morgan fingerprint density at radius 2 is 2.19 bits per heavy atom. The maximum atomic E-state index is 11.4. The number of carboxylic acid groups (broad SMARTS) is 1. The van der Waals surface area contributed by atoms with Gasteiger partial charge in [0.15, 0.2) is 11.5 Å². The molecule has 1 aromatic carbocycles. The highest BCUT2D eigenvalue weighted by Gasteiger charge is 2.23. The number of nitriles is 1. The molecule has 6 nitrogen and oxygen atoms in total. The largest absolute Gasteiger partial charge is 0.476 e. The van der Waals surface area contributed by atoms with Crippen molar-refractivity contribution in [2.24, 2.45) is 0 Å². The van der Waals surface area contributed by atoms with Crippen molar-refractivity contribution in [3.63, 3.8) is 0 Å². The summed E-state index contributed by atoms with van der Waals surface area (Å²) in [5.41, 5.74) is 1.45. The Labute approximate surface area is 122 Å². The fourth-order valence-corrected chi connectivity index (χ4v) is 1.97. The fraction of sp³-hybridized carbons (Fsp3) is 0.267. The minimum Gasteiger partial charge on any atom is -0.476 e. The molecule has 0 atom stereocenters. The minimum absolute atomic E-state index is 0.0129. The lowest BCUT2D eigenvalue weighted by molar-refractivity contribution is 0.0442. The molecule has 0 bridgehead atoms. The van der Waals surface area contributed by atoms with Gasteiger partial charge in [-0.3, -0.25) is 0 Å². The van der Waals surface area contributed by atoms with E-state index in [0.29, 0.717) is 22.6 Å². The van der Waals surface area contributed by atoms with Gasteiger partial charge < -0.3 is 9.94 Å². The van der Waals surface area contributed by atoms with Gasteiger partial charge in [-0.1, -0.05) is 12.1 Å². The van der Waals surface area contributed by atoms with Gasteiger partial charge in [-0.2, -0.15) is 9.99 Å². The topological polar surface area (TPSA) is 88.1 Å². The summed E-state index contributed by atoms with van der Waals surface area (Å²) in [6, 6.07) is 8.84. The predicted octanol–water partition coefficient (Wildman–Crippen LogP) is 2.27. The first-order chi connectivity index (χ1) is 9.93. The third-order valence-corrected chi connectivity index (χ3v) is 2.78. The van der Waals surface area contributed by atoms with Crippen LogP contribution in [0.25, 0.3) is 11.4 Å². The predicted molar refractivity (Wildman–Crippen MR) is 75.8 cm³/mol. The van der Waals surface area contributed by atoms with Crippen LogP contribution < -0.4 is 4.84 Å². The zero-order valence-electron chi connectivity index (χ0n) is 12.0. The van der Waals surface area contributed by atoms with Gasteiger partial charge in [0.05, 0.1) is 17.3 Å². The lowest BCUT2D eigenvalue weighted by Crippen LogP contribution is -2.24. The maximum Gasteiger partial charge on any atom is 0.357 e. The van der Waals surface area contributed by atoms with E-state index < -0.39 is 5.97 Å². The van der Waals surface area contributed by atoms with Crippen LogP contribution in [0.3, 0.4) is 0 Å². The summed E-state index contributed by atoms with van der Waals surface area (Å²) < 4.78 is 1.22. The van der Waals surface area contributed by atoms with Gasteiger partial charge in [0.2, 0.25) is 0 Å². The Balaban J connectivity index is 2.65. The van der Waals surface area contributed by atoms with Crippen molar-refractivity contribution in [3.05, 3.63) is 41.2 Å². The monoisotopic (exact) mass is 285 g/mol. The molecular weight excluding hydrogens is 270 g/mol. The number of carbonyl (C=O) groups is 1. The van der Waals surface area contributed by atoms with Crippen molar-refractivity contribution in [2.75, 3.05) is 0 Å². The van der Waals surface area contributed by atoms with Crippen molar-refractivity contribution >= 4 is 5.97 Å². The number of nitrogens with zero attached hydrogens (tertiary/aromatic N) is 3. The van der Waals surface area contributed by atoms with Crippen LogP contribution in [0.2, 0.25) is 0 Å². The lowest BCUT2D eigenvalue weighted by Gasteiger charge is -2.14. The van der Waals surface area contributed by atoms with E-state index in [1.54, 1.807) is 45.0 Å². The van der Waals surface area contributed by atoms with E-state index in [9.17, 15) is 9.90 Å². The molecule has 0 fully saturated rings. The summed E-state index contributed by atoms with van der Waals surface area (Å²) in [6.07, 6.45) is -0.213. The SMILES string of the molecule is Cc1nc(-c2cccc(C#N)c2)n(OC(C)C)c1C(=O)O. The van der Waals surface area contributed by atoms with Crippen LogP contribution in [0.4, 0.5) is 0 Å². The third kappa shape index (κ3) is 2.87. The normalized spacial score (nSPS) is 10.4. The molecule has 0 saturated carbocycles. The molecule has 0 unspecified atom stereocenters. The molecule has 1 aromatic heterocycles. The smallest absolute Gasteiger partial charge is 0.357 e. The van der Waals surface area contributed by atoms with Crippen LogP contribution in [-0.2, 0) is 0 Å². The average Bonchev–Trinajstić information content (AvgIpc) is 2.74. The zero-order valence-corrected chi connectivity index (χ0v) is 12.0. The molecular formula is C15H15N3O3. The zero-order chi connectivity index (χ0) is 15.6. The van der Waals surface area contributed by atoms with E-state index in [2.05, 4.69) is 4.98 Å². The highest BCUT2D eigenvalue weighted by Crippen LogP contribution is 2.23. The number of aryl methyl sites for hydroxylation is 1. The van der Waals surface area contributed by atoms with Crippen molar-refractivity contribution in [1.82, 2.24) is 9.71 Å². The summed E-state index contributed by atoms with van der Waals surface area (Å²) in [6.45, 7) is 5.22. The van der Waals surface area contributed by atoms with Crippen LogP contribution in [-0.4, -0.2) is 26.9 Å². The minimum atomic E-state index is -1.11. The second-order valence-corrected chi connectivity index (χ2v) is 4.82. The first-order valence-electron chi connectivity index (χ1n) is 6.44. The van der Waals surface area contributed by atoms with Gasteiger partial charge in [-0.15, -0.1) is 0 Å². The second kappa shape index (κ2) is 5.67. The second-order valence-electron chi connectivity index (χ2n) is 4.82. The van der Waals surface area contributed by atoms with Gasteiger partial charge in [0.1, 0.15) is 6.10 Å². The summed E-state index contributed by atoms with van der Waals surface area (Å²) in [5.74, 6) is -0.737. The standard InChI is InChI=1S/C15H15N3O3/c1-9(2)21-18-13(15(19)20)10(3)17-14(18)12-6-4-5-11(7-12)8-16/h4-7,9H,1-3H3,(H,19,20). The molecule has 0 aliphatic heterocycles. The Morgan fingerprint density at radius 3 is 2.76 bits per heavy atom. The Bertz CT molecular complexity index is 726. The molecule has 0 amide bonds. The number of aromatic carboxylic acids is 1.